The number of halogens is 2. The Morgan fingerprint density at radius 1 is 1.29 bits per heavy atom. The molecule has 0 aliphatic carbocycles. The van der Waals surface area contributed by atoms with E-state index in [1.54, 1.807) is 19.2 Å². The van der Waals surface area contributed by atoms with E-state index in [2.05, 4.69) is 20.8 Å². The van der Waals surface area contributed by atoms with Gasteiger partial charge in [0.2, 0.25) is 0 Å². The fourth-order valence-corrected chi connectivity index (χ4v) is 2.14. The van der Waals surface area contributed by atoms with Crippen LogP contribution in [0.15, 0.2) is 33.8 Å². The summed E-state index contributed by atoms with van der Waals surface area (Å²) in [5.41, 5.74) is 2.45. The molecular formula is C16H22FIN4O2. The first kappa shape index (κ1) is 20.4. The van der Waals surface area contributed by atoms with Gasteiger partial charge in [-0.25, -0.2) is 4.39 Å². The van der Waals surface area contributed by atoms with Crippen LogP contribution in [-0.2, 0) is 6.54 Å². The van der Waals surface area contributed by atoms with Crippen molar-refractivity contribution in [3.8, 4) is 0 Å². The van der Waals surface area contributed by atoms with Crippen LogP contribution in [0.2, 0.25) is 0 Å². The van der Waals surface area contributed by atoms with Crippen molar-refractivity contribution in [1.29, 1.82) is 0 Å². The molecule has 1 unspecified atom stereocenters. The number of benzene rings is 1. The lowest BCUT2D eigenvalue weighted by Crippen LogP contribution is -2.39. The fraction of sp³-hybridized carbons (Fsp3) is 0.375. The normalized spacial score (nSPS) is 12.5. The molecular weight excluding hydrogens is 426 g/mol. The van der Waals surface area contributed by atoms with Crippen LogP contribution in [0.25, 0.3) is 0 Å². The number of rotatable bonds is 5. The van der Waals surface area contributed by atoms with Crippen LogP contribution < -0.4 is 10.6 Å². The van der Waals surface area contributed by atoms with Gasteiger partial charge in [-0.1, -0.05) is 17.3 Å². The summed E-state index contributed by atoms with van der Waals surface area (Å²) < 4.78 is 18.0. The predicted octanol–water partition coefficient (Wildman–Crippen LogP) is 2.45. The van der Waals surface area contributed by atoms with Crippen LogP contribution in [0, 0.1) is 19.7 Å². The van der Waals surface area contributed by atoms with Gasteiger partial charge in [-0.2, -0.15) is 0 Å². The molecule has 0 saturated heterocycles. The molecule has 1 aromatic heterocycles. The average Bonchev–Trinajstić information content (AvgIpc) is 2.87. The second kappa shape index (κ2) is 9.58. The maximum Gasteiger partial charge on any atom is 0.191 e. The minimum absolute atomic E-state index is 0. The molecule has 0 amide bonds. The Kier molecular flexibility index (Phi) is 8.13. The van der Waals surface area contributed by atoms with E-state index >= 15 is 0 Å². The van der Waals surface area contributed by atoms with Gasteiger partial charge >= 0.3 is 0 Å². The summed E-state index contributed by atoms with van der Waals surface area (Å²) >= 11 is 0. The van der Waals surface area contributed by atoms with Gasteiger partial charge in [0.05, 0.1) is 11.8 Å². The zero-order chi connectivity index (χ0) is 16.8. The first-order valence-electron chi connectivity index (χ1n) is 7.31. The average molecular weight is 448 g/mol. The first-order chi connectivity index (χ1) is 11.0. The van der Waals surface area contributed by atoms with Gasteiger partial charge in [0.15, 0.2) is 5.96 Å². The van der Waals surface area contributed by atoms with Crippen LogP contribution in [0.4, 0.5) is 4.39 Å². The second-order valence-electron chi connectivity index (χ2n) is 5.18. The molecule has 0 spiro atoms. The van der Waals surface area contributed by atoms with E-state index < -0.39 is 6.10 Å². The Morgan fingerprint density at radius 3 is 2.50 bits per heavy atom. The number of guanidine groups is 1. The number of aliphatic hydroxyl groups is 1. The molecule has 24 heavy (non-hydrogen) atoms. The molecule has 2 aromatic rings. The van der Waals surface area contributed by atoms with Crippen molar-refractivity contribution in [3.63, 3.8) is 0 Å². The highest BCUT2D eigenvalue weighted by Crippen LogP contribution is 2.13. The Morgan fingerprint density at radius 2 is 1.96 bits per heavy atom. The third kappa shape index (κ3) is 5.45. The van der Waals surface area contributed by atoms with E-state index in [1.165, 1.54) is 12.1 Å². The van der Waals surface area contributed by atoms with Crippen LogP contribution in [0.5, 0.6) is 0 Å². The van der Waals surface area contributed by atoms with Crippen LogP contribution >= 0.6 is 24.0 Å². The summed E-state index contributed by atoms with van der Waals surface area (Å²) in [6, 6.07) is 5.76. The molecule has 132 valence electrons. The predicted molar refractivity (Wildman–Crippen MR) is 101 cm³/mol. The van der Waals surface area contributed by atoms with Gasteiger partial charge in [0, 0.05) is 25.7 Å². The van der Waals surface area contributed by atoms with E-state index in [-0.39, 0.29) is 36.3 Å². The summed E-state index contributed by atoms with van der Waals surface area (Å²) in [5, 5.41) is 20.2. The van der Waals surface area contributed by atoms with Crippen molar-refractivity contribution in [2.75, 3.05) is 13.6 Å². The summed E-state index contributed by atoms with van der Waals surface area (Å²) in [6.45, 7) is 4.51. The molecule has 0 saturated carbocycles. The second-order valence-corrected chi connectivity index (χ2v) is 5.18. The van der Waals surface area contributed by atoms with Gasteiger partial charge in [0.25, 0.3) is 0 Å². The molecule has 6 nitrogen and oxygen atoms in total. The topological polar surface area (TPSA) is 82.7 Å². The highest BCUT2D eigenvalue weighted by atomic mass is 127. The van der Waals surface area contributed by atoms with Crippen LogP contribution in [-0.4, -0.2) is 29.8 Å². The third-order valence-corrected chi connectivity index (χ3v) is 3.56. The summed E-state index contributed by atoms with van der Waals surface area (Å²) in [5.74, 6) is 0.980. The van der Waals surface area contributed by atoms with Crippen molar-refractivity contribution < 1.29 is 14.0 Å². The van der Waals surface area contributed by atoms with Gasteiger partial charge in [-0.3, -0.25) is 4.99 Å². The van der Waals surface area contributed by atoms with E-state index in [0.29, 0.717) is 18.1 Å². The molecule has 3 N–H and O–H groups in total. The lowest BCUT2D eigenvalue weighted by Gasteiger charge is -2.15. The minimum Gasteiger partial charge on any atom is -0.387 e. The highest BCUT2D eigenvalue weighted by molar-refractivity contribution is 14.0. The minimum atomic E-state index is -0.756. The Bertz CT molecular complexity index is 654. The van der Waals surface area contributed by atoms with Crippen LogP contribution in [0.3, 0.4) is 0 Å². The lowest BCUT2D eigenvalue weighted by atomic mass is 10.1. The SMILES string of the molecule is CN=C(NCc1c(C)noc1C)NCC(O)c1ccc(F)cc1.I. The first-order valence-corrected chi connectivity index (χ1v) is 7.31. The van der Waals surface area contributed by atoms with Crippen molar-refractivity contribution in [3.05, 3.63) is 52.7 Å². The monoisotopic (exact) mass is 448 g/mol. The van der Waals surface area contributed by atoms with Crippen molar-refractivity contribution in [1.82, 2.24) is 15.8 Å². The van der Waals surface area contributed by atoms with Crippen molar-refractivity contribution in [2.45, 2.75) is 26.5 Å². The maximum absolute atomic E-state index is 12.9. The highest BCUT2D eigenvalue weighted by Gasteiger charge is 2.11. The number of aliphatic imine (C=N–C) groups is 1. The zero-order valence-electron chi connectivity index (χ0n) is 13.8. The smallest absolute Gasteiger partial charge is 0.191 e. The molecule has 1 heterocycles. The van der Waals surface area contributed by atoms with Gasteiger partial charge in [-0.15, -0.1) is 24.0 Å². The molecule has 0 radical (unpaired) electrons. The maximum atomic E-state index is 12.9. The molecule has 0 aliphatic heterocycles. The largest absolute Gasteiger partial charge is 0.387 e. The molecule has 0 bridgehead atoms. The fourth-order valence-electron chi connectivity index (χ4n) is 2.14. The molecule has 8 heteroatoms. The molecule has 0 aliphatic rings. The number of aromatic nitrogens is 1. The van der Waals surface area contributed by atoms with Crippen LogP contribution in [0.1, 0.15) is 28.7 Å². The summed E-state index contributed by atoms with van der Waals surface area (Å²) in [6.07, 6.45) is -0.756. The van der Waals surface area contributed by atoms with Gasteiger partial charge in [0.1, 0.15) is 11.6 Å². The Hall–Kier alpha value is -1.68. The standard InChI is InChI=1S/C16H21FN4O2.HI/c1-10-14(11(2)23-21-10)8-19-16(18-3)20-9-15(22)12-4-6-13(17)7-5-12;/h4-7,15,22H,8-9H2,1-3H3,(H2,18,19,20);1H. The van der Waals surface area contributed by atoms with Gasteiger partial charge < -0.3 is 20.3 Å². The number of hydrogen-bond donors (Lipinski definition) is 3. The van der Waals surface area contributed by atoms with Crippen molar-refractivity contribution in [2.24, 2.45) is 4.99 Å². The van der Waals surface area contributed by atoms with E-state index in [0.717, 1.165) is 17.0 Å². The Labute approximate surface area is 157 Å². The molecule has 2 rings (SSSR count). The number of aryl methyl sites for hydroxylation is 2. The number of hydrogen-bond acceptors (Lipinski definition) is 4. The lowest BCUT2D eigenvalue weighted by molar-refractivity contribution is 0.180. The summed E-state index contributed by atoms with van der Waals surface area (Å²) in [4.78, 5) is 4.10. The van der Waals surface area contributed by atoms with E-state index in [1.807, 2.05) is 13.8 Å². The van der Waals surface area contributed by atoms with E-state index in [4.69, 9.17) is 4.52 Å². The zero-order valence-corrected chi connectivity index (χ0v) is 16.2. The van der Waals surface area contributed by atoms with E-state index in [9.17, 15) is 9.50 Å². The molecule has 0 fully saturated rings. The third-order valence-electron chi connectivity index (χ3n) is 3.56. The molecule has 1 atom stereocenters. The van der Waals surface area contributed by atoms with Gasteiger partial charge in [-0.05, 0) is 31.5 Å². The number of nitrogens with one attached hydrogen (secondary N) is 2. The number of aliphatic hydroxyl groups excluding tert-OH is 1. The summed E-state index contributed by atoms with van der Waals surface area (Å²) in [7, 11) is 1.65. The van der Waals surface area contributed by atoms with Crippen molar-refractivity contribution >= 4 is 29.9 Å². The number of nitrogens with zero attached hydrogens (tertiary/aromatic N) is 2. The molecule has 1 aromatic carbocycles. The Balaban J connectivity index is 0.00000288. The quantitative estimate of drug-likeness (QED) is 0.372.